The van der Waals surface area contributed by atoms with Crippen LogP contribution in [0.4, 0.5) is 14.5 Å². The van der Waals surface area contributed by atoms with Gasteiger partial charge in [-0.05, 0) is 44.0 Å². The van der Waals surface area contributed by atoms with Gasteiger partial charge in [-0.25, -0.2) is 8.78 Å². The molecular formula is C21H22F2N4O2. The first-order valence-corrected chi connectivity index (χ1v) is 9.42. The number of aliphatic hydroxyl groups is 1. The van der Waals surface area contributed by atoms with E-state index in [-0.39, 0.29) is 6.61 Å². The molecule has 1 fully saturated rings. The van der Waals surface area contributed by atoms with Crippen molar-refractivity contribution in [3.8, 4) is 11.3 Å². The maximum atomic E-state index is 13.6. The molecule has 3 N–H and O–H groups in total. The van der Waals surface area contributed by atoms with Crippen molar-refractivity contribution in [3.63, 3.8) is 0 Å². The molecule has 0 spiro atoms. The maximum Gasteiger partial charge on any atom is 0.159 e. The van der Waals surface area contributed by atoms with Gasteiger partial charge in [0.1, 0.15) is 11.5 Å². The second kappa shape index (κ2) is 7.53. The minimum absolute atomic E-state index is 0.217. The van der Waals surface area contributed by atoms with E-state index in [0.29, 0.717) is 34.8 Å². The van der Waals surface area contributed by atoms with Crippen LogP contribution in [0.1, 0.15) is 29.9 Å². The molecule has 0 amide bonds. The second-order valence-electron chi connectivity index (χ2n) is 7.49. The van der Waals surface area contributed by atoms with Gasteiger partial charge < -0.3 is 20.3 Å². The highest BCUT2D eigenvalue weighted by Gasteiger charge is 2.36. The molecule has 29 heavy (non-hydrogen) atoms. The summed E-state index contributed by atoms with van der Waals surface area (Å²) in [5.41, 5.74) is 8.98. The molecule has 152 valence electrons. The van der Waals surface area contributed by atoms with Crippen molar-refractivity contribution in [2.45, 2.75) is 31.9 Å². The lowest BCUT2D eigenvalue weighted by Crippen LogP contribution is -2.52. The van der Waals surface area contributed by atoms with Crippen LogP contribution in [-0.4, -0.2) is 28.3 Å². The van der Waals surface area contributed by atoms with E-state index in [1.54, 1.807) is 12.3 Å². The van der Waals surface area contributed by atoms with Crippen molar-refractivity contribution in [1.29, 1.82) is 0 Å². The topological polar surface area (TPSA) is 88.4 Å². The number of piperidine rings is 1. The summed E-state index contributed by atoms with van der Waals surface area (Å²) in [6, 6.07) is 7.15. The first kappa shape index (κ1) is 19.5. The summed E-state index contributed by atoms with van der Waals surface area (Å²) in [5, 5.41) is 14.0. The molecule has 1 aliphatic rings. The first-order chi connectivity index (χ1) is 13.9. The molecule has 6 nitrogen and oxygen atoms in total. The molecular weight excluding hydrogens is 378 g/mol. The molecule has 0 bridgehead atoms. The number of aromatic nitrogens is 2. The van der Waals surface area contributed by atoms with Gasteiger partial charge in [0.25, 0.3) is 0 Å². The lowest BCUT2D eigenvalue weighted by Gasteiger charge is -2.40. The Morgan fingerprint density at radius 3 is 2.76 bits per heavy atom. The fraction of sp³-hybridized carbons (Fsp3) is 0.333. The Bertz CT molecular complexity index is 1040. The van der Waals surface area contributed by atoms with Crippen LogP contribution < -0.4 is 10.6 Å². The van der Waals surface area contributed by atoms with Crippen molar-refractivity contribution in [2.75, 3.05) is 18.0 Å². The number of anilines is 1. The predicted molar refractivity (Wildman–Crippen MR) is 104 cm³/mol. The van der Waals surface area contributed by atoms with Crippen LogP contribution in [0.25, 0.3) is 11.3 Å². The number of nitrogens with zero attached hydrogens (tertiary/aromatic N) is 3. The highest BCUT2D eigenvalue weighted by Crippen LogP contribution is 2.34. The zero-order valence-corrected chi connectivity index (χ0v) is 16.0. The first-order valence-electron chi connectivity index (χ1n) is 9.42. The zero-order valence-electron chi connectivity index (χ0n) is 16.0. The van der Waals surface area contributed by atoms with E-state index in [2.05, 4.69) is 15.0 Å². The Hall–Kier alpha value is -2.84. The number of hydrogen-bond acceptors (Lipinski definition) is 6. The Labute approximate surface area is 167 Å². The molecule has 0 radical (unpaired) electrons. The summed E-state index contributed by atoms with van der Waals surface area (Å²) in [7, 11) is 0. The van der Waals surface area contributed by atoms with E-state index in [0.717, 1.165) is 37.2 Å². The molecule has 8 heteroatoms. The lowest BCUT2D eigenvalue weighted by atomic mass is 9.86. The van der Waals surface area contributed by atoms with Crippen LogP contribution in [0.2, 0.25) is 0 Å². The summed E-state index contributed by atoms with van der Waals surface area (Å²) in [6.07, 6.45) is 3.25. The van der Waals surface area contributed by atoms with Crippen LogP contribution in [0.5, 0.6) is 0 Å². The molecule has 3 heterocycles. The lowest BCUT2D eigenvalue weighted by molar-refractivity contribution is 0.280. The average Bonchev–Trinajstić information content (AvgIpc) is 3.17. The monoisotopic (exact) mass is 400 g/mol. The molecule has 1 aliphatic heterocycles. The third-order valence-corrected chi connectivity index (χ3v) is 5.35. The number of pyridine rings is 1. The third-order valence-electron chi connectivity index (χ3n) is 5.35. The molecule has 3 aromatic rings. The average molecular weight is 400 g/mol. The summed E-state index contributed by atoms with van der Waals surface area (Å²) < 4.78 is 32.0. The van der Waals surface area contributed by atoms with Crippen molar-refractivity contribution < 1.29 is 18.4 Å². The van der Waals surface area contributed by atoms with Gasteiger partial charge in [0, 0.05) is 30.3 Å². The number of rotatable bonds is 4. The van der Waals surface area contributed by atoms with E-state index >= 15 is 0 Å². The molecule has 1 unspecified atom stereocenters. The van der Waals surface area contributed by atoms with Gasteiger partial charge in [0.2, 0.25) is 0 Å². The van der Waals surface area contributed by atoms with Crippen LogP contribution in [0.15, 0.2) is 41.1 Å². The number of benzene rings is 1. The van der Waals surface area contributed by atoms with Crippen LogP contribution in [-0.2, 0) is 12.1 Å². The highest BCUT2D eigenvalue weighted by molar-refractivity contribution is 5.65. The molecule has 4 rings (SSSR count). The number of halogens is 2. The molecule has 1 saturated heterocycles. The van der Waals surface area contributed by atoms with Crippen molar-refractivity contribution in [3.05, 3.63) is 65.2 Å². The summed E-state index contributed by atoms with van der Waals surface area (Å²) in [4.78, 5) is 6.48. The number of nitrogens with two attached hydrogens (primary N) is 1. The smallest absolute Gasteiger partial charge is 0.159 e. The van der Waals surface area contributed by atoms with Gasteiger partial charge in [-0.15, -0.1) is 0 Å². The van der Waals surface area contributed by atoms with E-state index < -0.39 is 17.2 Å². The molecule has 2 aromatic heterocycles. The summed E-state index contributed by atoms with van der Waals surface area (Å²) >= 11 is 0. The zero-order chi connectivity index (χ0) is 20.6. The van der Waals surface area contributed by atoms with Gasteiger partial charge in [0.05, 0.1) is 29.7 Å². The van der Waals surface area contributed by atoms with Gasteiger partial charge in [0.15, 0.2) is 11.6 Å². The van der Waals surface area contributed by atoms with E-state index in [1.807, 2.05) is 13.0 Å². The Morgan fingerprint density at radius 2 is 2.07 bits per heavy atom. The highest BCUT2D eigenvalue weighted by atomic mass is 19.2. The SMILES string of the molecule is Cc1cc(C2(N)CCCN(c3cnc(-c4ccc(F)c(F)c4)cc3CO)C2)no1. The molecule has 1 aromatic carbocycles. The van der Waals surface area contributed by atoms with E-state index in [9.17, 15) is 13.9 Å². The van der Waals surface area contributed by atoms with Gasteiger partial charge in [-0.3, -0.25) is 4.98 Å². The van der Waals surface area contributed by atoms with Crippen LogP contribution in [0, 0.1) is 18.6 Å². The number of hydrogen-bond donors (Lipinski definition) is 2. The largest absolute Gasteiger partial charge is 0.392 e. The minimum Gasteiger partial charge on any atom is -0.392 e. The standard InChI is InChI=1S/C21H22F2N4O2/c1-13-7-20(26-29-13)21(24)5-2-6-27(12-21)19-10-25-18(9-15(19)11-28)14-3-4-16(22)17(23)8-14/h3-4,7-10,28H,2,5-6,11-12,24H2,1H3. The Balaban J connectivity index is 1.65. The Morgan fingerprint density at radius 1 is 1.24 bits per heavy atom. The van der Waals surface area contributed by atoms with Gasteiger partial charge in [-0.1, -0.05) is 5.16 Å². The summed E-state index contributed by atoms with van der Waals surface area (Å²) in [6.45, 7) is 2.87. The molecule has 1 atom stereocenters. The van der Waals surface area contributed by atoms with E-state index in [4.69, 9.17) is 10.3 Å². The van der Waals surface area contributed by atoms with Crippen molar-refractivity contribution >= 4 is 5.69 Å². The van der Waals surface area contributed by atoms with E-state index in [1.165, 1.54) is 6.07 Å². The Kier molecular flexibility index (Phi) is 5.06. The third kappa shape index (κ3) is 3.73. The fourth-order valence-corrected chi connectivity index (χ4v) is 3.81. The summed E-state index contributed by atoms with van der Waals surface area (Å²) in [5.74, 6) is -1.15. The molecule has 0 aliphatic carbocycles. The number of aryl methyl sites for hydroxylation is 1. The van der Waals surface area contributed by atoms with Crippen LogP contribution in [0.3, 0.4) is 0 Å². The molecule has 0 saturated carbocycles. The minimum atomic E-state index is -0.939. The van der Waals surface area contributed by atoms with Crippen molar-refractivity contribution in [2.24, 2.45) is 5.73 Å². The van der Waals surface area contributed by atoms with Crippen molar-refractivity contribution in [1.82, 2.24) is 10.1 Å². The predicted octanol–water partition coefficient (Wildman–Crippen LogP) is 3.27. The van der Waals surface area contributed by atoms with Crippen LogP contribution >= 0.6 is 0 Å². The normalized spacial score (nSPS) is 19.6. The number of aliphatic hydroxyl groups excluding tert-OH is 1. The van der Waals surface area contributed by atoms with Gasteiger partial charge in [-0.2, -0.15) is 0 Å². The van der Waals surface area contributed by atoms with Gasteiger partial charge >= 0.3 is 0 Å². The second-order valence-corrected chi connectivity index (χ2v) is 7.49. The quantitative estimate of drug-likeness (QED) is 0.699. The fourth-order valence-electron chi connectivity index (χ4n) is 3.81. The maximum absolute atomic E-state index is 13.6.